The Labute approximate surface area is 138 Å². The second-order valence-corrected chi connectivity index (χ2v) is 5.95. The number of aromatic amines is 1. The molecule has 1 fully saturated rings. The Morgan fingerprint density at radius 3 is 2.91 bits per heavy atom. The number of nitrogens with one attached hydrogen (secondary N) is 1. The van der Waals surface area contributed by atoms with Gasteiger partial charge in [-0.25, -0.2) is 0 Å². The number of aliphatic carboxylic acids is 1. The Kier molecular flexibility index (Phi) is 4.34. The van der Waals surface area contributed by atoms with Gasteiger partial charge in [-0.05, 0) is 25.0 Å². The lowest BCUT2D eigenvalue weighted by Gasteiger charge is -2.22. The van der Waals surface area contributed by atoms with Crippen molar-refractivity contribution >= 4 is 23.5 Å². The second kappa shape index (κ2) is 6.42. The van der Waals surface area contributed by atoms with Crippen molar-refractivity contribution in [1.82, 2.24) is 15.1 Å². The third kappa shape index (κ3) is 3.22. The zero-order valence-corrected chi connectivity index (χ0v) is 13.1. The number of amides is 1. The molecule has 1 aromatic carbocycles. The van der Waals surface area contributed by atoms with Crippen molar-refractivity contribution in [2.24, 2.45) is 0 Å². The standard InChI is InChI=1S/C16H16ClN3O3/c17-12-6-2-1-5-11(12)13-9-14(19-18-13)16(23)20-7-3-4-10(20)8-15(21)22/h1-2,5-6,9-10H,3-4,7-8H2,(H,18,19)(H,21,22). The summed E-state index contributed by atoms with van der Waals surface area (Å²) in [7, 11) is 0. The number of carbonyl (C=O) groups excluding carboxylic acids is 1. The number of hydrogen-bond donors (Lipinski definition) is 2. The van der Waals surface area contributed by atoms with E-state index in [9.17, 15) is 9.59 Å². The average Bonchev–Trinajstić information content (AvgIpc) is 3.16. The maximum Gasteiger partial charge on any atom is 0.305 e. The van der Waals surface area contributed by atoms with Crippen LogP contribution in [0.1, 0.15) is 29.8 Å². The molecule has 0 radical (unpaired) electrons. The summed E-state index contributed by atoms with van der Waals surface area (Å²) >= 11 is 6.14. The zero-order valence-electron chi connectivity index (χ0n) is 12.3. The Morgan fingerprint density at radius 2 is 2.17 bits per heavy atom. The summed E-state index contributed by atoms with van der Waals surface area (Å²) in [6, 6.07) is 8.66. The summed E-state index contributed by atoms with van der Waals surface area (Å²) in [4.78, 5) is 25.1. The van der Waals surface area contributed by atoms with Crippen LogP contribution in [0.4, 0.5) is 0 Å². The molecule has 2 heterocycles. The fourth-order valence-corrected chi connectivity index (χ4v) is 3.14. The van der Waals surface area contributed by atoms with E-state index < -0.39 is 5.97 Å². The molecule has 1 saturated heterocycles. The van der Waals surface area contributed by atoms with Crippen LogP contribution in [0.2, 0.25) is 5.02 Å². The number of benzene rings is 1. The van der Waals surface area contributed by atoms with Gasteiger partial charge in [-0.2, -0.15) is 5.10 Å². The summed E-state index contributed by atoms with van der Waals surface area (Å²) in [5.41, 5.74) is 1.68. The number of nitrogens with zero attached hydrogens (tertiary/aromatic N) is 2. The van der Waals surface area contributed by atoms with Gasteiger partial charge in [0.05, 0.1) is 17.1 Å². The van der Waals surface area contributed by atoms with Crippen LogP contribution in [0.3, 0.4) is 0 Å². The van der Waals surface area contributed by atoms with Gasteiger partial charge in [0.1, 0.15) is 5.69 Å². The van der Waals surface area contributed by atoms with Gasteiger partial charge in [0.2, 0.25) is 0 Å². The third-order valence-corrected chi connectivity index (χ3v) is 4.34. The van der Waals surface area contributed by atoms with Crippen LogP contribution in [0.15, 0.2) is 30.3 Å². The quantitative estimate of drug-likeness (QED) is 0.900. The van der Waals surface area contributed by atoms with E-state index in [2.05, 4.69) is 10.2 Å². The van der Waals surface area contributed by atoms with Gasteiger partial charge in [-0.3, -0.25) is 14.7 Å². The van der Waals surface area contributed by atoms with E-state index in [0.717, 1.165) is 12.0 Å². The smallest absolute Gasteiger partial charge is 0.305 e. The Balaban J connectivity index is 1.81. The molecule has 1 unspecified atom stereocenters. The minimum atomic E-state index is -0.893. The van der Waals surface area contributed by atoms with Crippen molar-refractivity contribution < 1.29 is 14.7 Å². The number of likely N-dealkylation sites (tertiary alicyclic amines) is 1. The number of aromatic nitrogens is 2. The molecule has 0 aliphatic carbocycles. The van der Waals surface area contributed by atoms with Crippen molar-refractivity contribution in [2.75, 3.05) is 6.54 Å². The lowest BCUT2D eigenvalue weighted by Crippen LogP contribution is -2.37. The summed E-state index contributed by atoms with van der Waals surface area (Å²) in [6.07, 6.45) is 1.50. The molecule has 1 aromatic heterocycles. The summed E-state index contributed by atoms with van der Waals surface area (Å²) in [5.74, 6) is -1.12. The number of hydrogen-bond acceptors (Lipinski definition) is 3. The molecule has 2 aromatic rings. The molecule has 0 bridgehead atoms. The van der Waals surface area contributed by atoms with Crippen molar-refractivity contribution in [1.29, 1.82) is 0 Å². The van der Waals surface area contributed by atoms with E-state index in [1.807, 2.05) is 18.2 Å². The van der Waals surface area contributed by atoms with Gasteiger partial charge < -0.3 is 10.0 Å². The fraction of sp³-hybridized carbons (Fsp3) is 0.312. The average molecular weight is 334 g/mol. The number of rotatable bonds is 4. The molecule has 3 rings (SSSR count). The molecular formula is C16H16ClN3O3. The first-order valence-electron chi connectivity index (χ1n) is 7.39. The van der Waals surface area contributed by atoms with Gasteiger partial charge in [-0.1, -0.05) is 29.8 Å². The molecule has 6 nitrogen and oxygen atoms in total. The van der Waals surface area contributed by atoms with E-state index in [-0.39, 0.29) is 18.4 Å². The summed E-state index contributed by atoms with van der Waals surface area (Å²) in [6.45, 7) is 0.567. The minimum absolute atomic E-state index is 0.0305. The van der Waals surface area contributed by atoms with Crippen LogP contribution in [-0.2, 0) is 4.79 Å². The SMILES string of the molecule is O=C(O)CC1CCCN1C(=O)c1cc(-c2ccccc2Cl)n[nH]1. The number of halogens is 1. The molecule has 120 valence electrons. The van der Waals surface area contributed by atoms with Gasteiger partial charge in [0.15, 0.2) is 0 Å². The van der Waals surface area contributed by atoms with Crippen molar-refractivity contribution in [3.05, 3.63) is 41.0 Å². The van der Waals surface area contributed by atoms with Gasteiger partial charge in [-0.15, -0.1) is 0 Å². The van der Waals surface area contributed by atoms with Crippen LogP contribution in [-0.4, -0.2) is 44.7 Å². The van der Waals surface area contributed by atoms with Crippen LogP contribution in [0.5, 0.6) is 0 Å². The normalized spacial score (nSPS) is 17.4. The molecule has 2 N–H and O–H groups in total. The van der Waals surface area contributed by atoms with Gasteiger partial charge >= 0.3 is 5.97 Å². The van der Waals surface area contributed by atoms with Gasteiger partial charge in [0, 0.05) is 18.2 Å². The lowest BCUT2D eigenvalue weighted by molar-refractivity contribution is -0.137. The largest absolute Gasteiger partial charge is 0.481 e. The van der Waals surface area contributed by atoms with Crippen molar-refractivity contribution in [3.8, 4) is 11.3 Å². The molecule has 23 heavy (non-hydrogen) atoms. The van der Waals surface area contributed by atoms with E-state index in [0.29, 0.717) is 29.4 Å². The molecule has 7 heteroatoms. The number of H-pyrrole nitrogens is 1. The first-order valence-corrected chi connectivity index (χ1v) is 7.77. The lowest BCUT2D eigenvalue weighted by atomic mass is 10.1. The predicted molar refractivity (Wildman–Crippen MR) is 85.3 cm³/mol. The van der Waals surface area contributed by atoms with Crippen LogP contribution >= 0.6 is 11.6 Å². The summed E-state index contributed by atoms with van der Waals surface area (Å²) < 4.78 is 0. The van der Waals surface area contributed by atoms with Crippen LogP contribution in [0.25, 0.3) is 11.3 Å². The van der Waals surface area contributed by atoms with Gasteiger partial charge in [0.25, 0.3) is 5.91 Å². The van der Waals surface area contributed by atoms with Crippen molar-refractivity contribution in [2.45, 2.75) is 25.3 Å². The monoisotopic (exact) mass is 333 g/mol. The molecular weight excluding hydrogens is 318 g/mol. The molecule has 1 aliphatic heterocycles. The highest BCUT2D eigenvalue weighted by Crippen LogP contribution is 2.27. The minimum Gasteiger partial charge on any atom is -0.481 e. The second-order valence-electron chi connectivity index (χ2n) is 5.54. The highest BCUT2D eigenvalue weighted by Gasteiger charge is 2.31. The molecule has 1 atom stereocenters. The number of carboxylic acid groups (broad SMARTS) is 1. The third-order valence-electron chi connectivity index (χ3n) is 4.01. The number of carbonyl (C=O) groups is 2. The van der Waals surface area contributed by atoms with Crippen LogP contribution < -0.4 is 0 Å². The predicted octanol–water partition coefficient (Wildman–Crippen LogP) is 2.81. The Hall–Kier alpha value is -2.34. The van der Waals surface area contributed by atoms with E-state index in [1.165, 1.54) is 0 Å². The zero-order chi connectivity index (χ0) is 16.4. The molecule has 1 aliphatic rings. The maximum absolute atomic E-state index is 12.6. The molecule has 0 saturated carbocycles. The summed E-state index contributed by atoms with van der Waals surface area (Å²) in [5, 5.41) is 16.4. The van der Waals surface area contributed by atoms with E-state index >= 15 is 0 Å². The highest BCUT2D eigenvalue weighted by atomic mass is 35.5. The van der Waals surface area contributed by atoms with Crippen molar-refractivity contribution in [3.63, 3.8) is 0 Å². The van der Waals surface area contributed by atoms with E-state index in [1.54, 1.807) is 17.0 Å². The topological polar surface area (TPSA) is 86.3 Å². The number of carboxylic acids is 1. The molecule has 1 amide bonds. The first kappa shape index (κ1) is 15.6. The fourth-order valence-electron chi connectivity index (χ4n) is 2.91. The Morgan fingerprint density at radius 1 is 1.39 bits per heavy atom. The maximum atomic E-state index is 12.6. The Bertz CT molecular complexity index is 744. The highest BCUT2D eigenvalue weighted by molar-refractivity contribution is 6.33. The van der Waals surface area contributed by atoms with E-state index in [4.69, 9.17) is 16.7 Å². The molecule has 0 spiro atoms. The van der Waals surface area contributed by atoms with Crippen LogP contribution in [0, 0.1) is 0 Å². The first-order chi connectivity index (χ1) is 11.1.